The molecule has 0 aliphatic heterocycles. The van der Waals surface area contributed by atoms with Crippen LogP contribution in [-0.4, -0.2) is 9.55 Å². The predicted molar refractivity (Wildman–Crippen MR) is 87.7 cm³/mol. The summed E-state index contributed by atoms with van der Waals surface area (Å²) in [5.41, 5.74) is 3.48. The van der Waals surface area contributed by atoms with E-state index in [-0.39, 0.29) is 11.2 Å². The molecule has 2 aromatic carbocycles. The van der Waals surface area contributed by atoms with Crippen molar-refractivity contribution >= 4 is 38.6 Å². The standard InChI is InChI=1S/C16H13BrClFN2/c1-9-5-3-4-6-14(9)21-15-8-12(19)11(17)7-13(15)20-16(21)10(2)18/h3-8,10H,1-2H3. The van der Waals surface area contributed by atoms with Crippen LogP contribution in [0.4, 0.5) is 4.39 Å². The van der Waals surface area contributed by atoms with Crippen molar-refractivity contribution in [1.29, 1.82) is 0 Å². The van der Waals surface area contributed by atoms with Crippen LogP contribution in [0, 0.1) is 12.7 Å². The van der Waals surface area contributed by atoms with E-state index in [9.17, 15) is 4.39 Å². The van der Waals surface area contributed by atoms with Gasteiger partial charge < -0.3 is 0 Å². The monoisotopic (exact) mass is 366 g/mol. The Bertz CT molecular complexity index is 827. The van der Waals surface area contributed by atoms with E-state index in [0.717, 1.165) is 11.3 Å². The van der Waals surface area contributed by atoms with Crippen LogP contribution in [0.2, 0.25) is 0 Å². The van der Waals surface area contributed by atoms with Gasteiger partial charge in [0.2, 0.25) is 0 Å². The Kier molecular flexibility index (Phi) is 3.76. The number of nitrogens with zero attached hydrogens (tertiary/aromatic N) is 2. The van der Waals surface area contributed by atoms with Crippen molar-refractivity contribution in [2.75, 3.05) is 0 Å². The molecule has 0 aliphatic carbocycles. The van der Waals surface area contributed by atoms with Gasteiger partial charge in [0.15, 0.2) is 0 Å². The minimum absolute atomic E-state index is 0.279. The highest BCUT2D eigenvalue weighted by molar-refractivity contribution is 9.10. The maximum Gasteiger partial charge on any atom is 0.139 e. The molecule has 0 radical (unpaired) electrons. The number of hydrogen-bond donors (Lipinski definition) is 0. The minimum atomic E-state index is -0.314. The molecular weight excluding hydrogens is 355 g/mol. The summed E-state index contributed by atoms with van der Waals surface area (Å²) in [6.45, 7) is 3.88. The molecule has 2 nitrogen and oxygen atoms in total. The van der Waals surface area contributed by atoms with Crippen LogP contribution in [-0.2, 0) is 0 Å². The Balaban J connectivity index is 2.41. The number of halogens is 3. The van der Waals surface area contributed by atoms with Gasteiger partial charge in [-0.2, -0.15) is 0 Å². The Morgan fingerprint density at radius 1 is 1.29 bits per heavy atom. The summed E-state index contributed by atoms with van der Waals surface area (Å²) >= 11 is 9.47. The number of imidazole rings is 1. The number of aromatic nitrogens is 2. The summed E-state index contributed by atoms with van der Waals surface area (Å²) in [6, 6.07) is 11.1. The fourth-order valence-electron chi connectivity index (χ4n) is 2.43. The van der Waals surface area contributed by atoms with Gasteiger partial charge in [0.25, 0.3) is 0 Å². The van der Waals surface area contributed by atoms with Crippen LogP contribution >= 0.6 is 27.5 Å². The number of benzene rings is 2. The Labute approximate surface area is 135 Å². The third kappa shape index (κ3) is 2.47. The molecule has 0 spiro atoms. The van der Waals surface area contributed by atoms with Crippen LogP contribution in [0.25, 0.3) is 16.7 Å². The van der Waals surface area contributed by atoms with Gasteiger partial charge in [-0.05, 0) is 47.5 Å². The highest BCUT2D eigenvalue weighted by Crippen LogP contribution is 2.31. The first-order chi connectivity index (χ1) is 9.99. The quantitative estimate of drug-likeness (QED) is 0.544. The van der Waals surface area contributed by atoms with Gasteiger partial charge in [-0.15, -0.1) is 11.6 Å². The van der Waals surface area contributed by atoms with E-state index in [1.165, 1.54) is 6.07 Å². The largest absolute Gasteiger partial charge is 0.295 e. The van der Waals surface area contributed by atoms with E-state index in [1.807, 2.05) is 42.7 Å². The van der Waals surface area contributed by atoms with Crippen molar-refractivity contribution in [2.45, 2.75) is 19.2 Å². The Morgan fingerprint density at radius 3 is 2.67 bits per heavy atom. The average Bonchev–Trinajstić information content (AvgIpc) is 2.78. The first-order valence-corrected chi connectivity index (χ1v) is 7.79. The molecule has 0 N–H and O–H groups in total. The number of fused-ring (bicyclic) bond motifs is 1. The van der Waals surface area contributed by atoms with Gasteiger partial charge >= 0.3 is 0 Å². The van der Waals surface area contributed by atoms with Crippen molar-refractivity contribution in [3.63, 3.8) is 0 Å². The second kappa shape index (κ2) is 5.43. The van der Waals surface area contributed by atoms with Crippen molar-refractivity contribution < 1.29 is 4.39 Å². The van der Waals surface area contributed by atoms with E-state index in [2.05, 4.69) is 20.9 Å². The summed E-state index contributed by atoms with van der Waals surface area (Å²) < 4.78 is 16.3. The highest BCUT2D eigenvalue weighted by Gasteiger charge is 2.18. The maximum atomic E-state index is 13.9. The molecule has 1 aromatic heterocycles. The molecule has 3 rings (SSSR count). The van der Waals surface area contributed by atoms with Crippen molar-refractivity contribution in [2.24, 2.45) is 0 Å². The molecule has 3 aromatic rings. The van der Waals surface area contributed by atoms with Gasteiger partial charge in [0, 0.05) is 6.07 Å². The Morgan fingerprint density at radius 2 is 2.00 bits per heavy atom. The molecule has 0 fully saturated rings. The van der Waals surface area contributed by atoms with Crippen LogP contribution in [0.3, 0.4) is 0 Å². The predicted octanol–water partition coefficient (Wildman–Crippen LogP) is 5.54. The zero-order valence-corrected chi connectivity index (χ0v) is 13.9. The lowest BCUT2D eigenvalue weighted by Crippen LogP contribution is -2.03. The molecule has 108 valence electrons. The fourth-order valence-corrected chi connectivity index (χ4v) is 2.90. The maximum absolute atomic E-state index is 13.9. The zero-order valence-electron chi connectivity index (χ0n) is 11.6. The van der Waals surface area contributed by atoms with Crippen molar-refractivity contribution in [3.05, 3.63) is 58.1 Å². The number of alkyl halides is 1. The summed E-state index contributed by atoms with van der Waals surface area (Å²) in [5, 5.41) is -0.279. The normalized spacial score (nSPS) is 12.8. The van der Waals surface area contributed by atoms with Crippen LogP contribution in [0.1, 0.15) is 23.7 Å². The molecule has 1 heterocycles. The number of para-hydroxylation sites is 1. The average molecular weight is 368 g/mol. The molecule has 0 saturated carbocycles. The fraction of sp³-hybridized carbons (Fsp3) is 0.188. The second-order valence-electron chi connectivity index (χ2n) is 4.96. The van der Waals surface area contributed by atoms with E-state index in [4.69, 9.17) is 11.6 Å². The van der Waals surface area contributed by atoms with Crippen LogP contribution in [0.5, 0.6) is 0 Å². The van der Waals surface area contributed by atoms with Crippen LogP contribution < -0.4 is 0 Å². The topological polar surface area (TPSA) is 17.8 Å². The number of hydrogen-bond acceptors (Lipinski definition) is 1. The highest BCUT2D eigenvalue weighted by atomic mass is 79.9. The molecule has 0 saturated heterocycles. The number of rotatable bonds is 2. The summed E-state index contributed by atoms with van der Waals surface area (Å²) in [6.07, 6.45) is 0. The molecule has 0 amide bonds. The van der Waals surface area contributed by atoms with E-state index < -0.39 is 0 Å². The van der Waals surface area contributed by atoms with Crippen molar-refractivity contribution in [3.8, 4) is 5.69 Å². The van der Waals surface area contributed by atoms with E-state index >= 15 is 0 Å². The lowest BCUT2D eigenvalue weighted by molar-refractivity contribution is 0.622. The lowest BCUT2D eigenvalue weighted by atomic mass is 10.2. The molecular formula is C16H13BrClFN2. The first-order valence-electron chi connectivity index (χ1n) is 6.56. The molecule has 1 atom stereocenters. The molecule has 0 bridgehead atoms. The van der Waals surface area contributed by atoms with E-state index in [0.29, 0.717) is 21.3 Å². The SMILES string of the molecule is Cc1ccccc1-n1c(C(C)Cl)nc2cc(Br)c(F)cc21. The molecule has 5 heteroatoms. The molecule has 1 unspecified atom stereocenters. The van der Waals surface area contributed by atoms with Crippen LogP contribution in [0.15, 0.2) is 40.9 Å². The van der Waals surface area contributed by atoms with Gasteiger partial charge in [-0.25, -0.2) is 9.37 Å². The zero-order chi connectivity index (χ0) is 15.1. The minimum Gasteiger partial charge on any atom is -0.295 e. The second-order valence-corrected chi connectivity index (χ2v) is 6.47. The smallest absolute Gasteiger partial charge is 0.139 e. The summed E-state index contributed by atoms with van der Waals surface area (Å²) in [7, 11) is 0. The first kappa shape index (κ1) is 14.5. The third-order valence-electron chi connectivity index (χ3n) is 3.43. The van der Waals surface area contributed by atoms with E-state index in [1.54, 1.807) is 6.07 Å². The van der Waals surface area contributed by atoms with Gasteiger partial charge in [0.05, 0.1) is 26.6 Å². The summed E-state index contributed by atoms with van der Waals surface area (Å²) in [5.74, 6) is 0.393. The number of aryl methyl sites for hydroxylation is 1. The van der Waals surface area contributed by atoms with Crippen molar-refractivity contribution in [1.82, 2.24) is 9.55 Å². The Hall–Kier alpha value is -1.39. The van der Waals surface area contributed by atoms with Gasteiger partial charge in [-0.1, -0.05) is 18.2 Å². The molecule has 21 heavy (non-hydrogen) atoms. The van der Waals surface area contributed by atoms with Gasteiger partial charge in [0.1, 0.15) is 11.6 Å². The lowest BCUT2D eigenvalue weighted by Gasteiger charge is -2.13. The third-order valence-corrected chi connectivity index (χ3v) is 4.24. The molecule has 0 aliphatic rings. The van der Waals surface area contributed by atoms with Gasteiger partial charge in [-0.3, -0.25) is 4.57 Å². The summed E-state index contributed by atoms with van der Waals surface area (Å²) in [4.78, 5) is 4.57.